The van der Waals surface area contributed by atoms with Crippen molar-refractivity contribution in [3.8, 4) is 0 Å². The average Bonchev–Trinajstić information content (AvgIpc) is 1.62. The molecule has 2 nitrogen and oxygen atoms in total. The Morgan fingerprint density at radius 2 is 1.67 bits per heavy atom. The molecule has 0 aromatic heterocycles. The first kappa shape index (κ1) is 11.9. The molecule has 0 saturated carbocycles. The van der Waals surface area contributed by atoms with Gasteiger partial charge in [0.15, 0.2) is 0 Å². The minimum absolute atomic E-state index is 0. The molecule has 0 aliphatic carbocycles. The summed E-state index contributed by atoms with van der Waals surface area (Å²) in [5, 5.41) is 0. The van der Waals surface area contributed by atoms with Crippen molar-refractivity contribution < 1.29 is 0 Å². The summed E-state index contributed by atoms with van der Waals surface area (Å²) in [5.74, 6) is 0. The van der Waals surface area contributed by atoms with Crippen LogP contribution >= 0.6 is 12.4 Å². The summed E-state index contributed by atoms with van der Waals surface area (Å²) in [7, 11) is 0. The third-order valence-corrected chi connectivity index (χ3v) is 1.37. The Labute approximate surface area is 63.4 Å². The molecule has 58 valence electrons. The largest absolute Gasteiger partial charge is 0.329 e. The molecule has 3 heteroatoms. The minimum Gasteiger partial charge on any atom is -0.329 e. The van der Waals surface area contributed by atoms with Gasteiger partial charge in [-0.1, -0.05) is 20.8 Å². The smallest absolute Gasteiger partial charge is 0.0212 e. The molecule has 4 N–H and O–H groups in total. The van der Waals surface area contributed by atoms with Gasteiger partial charge in [-0.3, -0.25) is 0 Å². The highest BCUT2D eigenvalue weighted by Gasteiger charge is 2.17. The van der Waals surface area contributed by atoms with Gasteiger partial charge in [0, 0.05) is 12.6 Å². The second-order valence-corrected chi connectivity index (χ2v) is 3.21. The summed E-state index contributed by atoms with van der Waals surface area (Å²) in [6.45, 7) is 6.84. The van der Waals surface area contributed by atoms with E-state index in [0.717, 1.165) is 0 Å². The van der Waals surface area contributed by atoms with Crippen LogP contribution in [0.15, 0.2) is 0 Å². The quantitative estimate of drug-likeness (QED) is 0.583. The first-order valence-corrected chi connectivity index (χ1v) is 2.94. The lowest BCUT2D eigenvalue weighted by Crippen LogP contribution is -2.41. The van der Waals surface area contributed by atoms with Crippen molar-refractivity contribution >= 4 is 12.4 Å². The van der Waals surface area contributed by atoms with Crippen molar-refractivity contribution in [2.75, 3.05) is 6.54 Å². The molecule has 0 bridgehead atoms. The van der Waals surface area contributed by atoms with Crippen molar-refractivity contribution in [1.82, 2.24) is 0 Å². The van der Waals surface area contributed by atoms with E-state index in [1.807, 2.05) is 0 Å². The van der Waals surface area contributed by atoms with Gasteiger partial charge in [0.25, 0.3) is 0 Å². The fourth-order valence-electron chi connectivity index (χ4n) is 0.354. The maximum absolute atomic E-state index is 5.62. The monoisotopic (exact) mass is 152 g/mol. The molecule has 0 amide bonds. The molecule has 1 atom stereocenters. The molecule has 0 saturated heterocycles. The van der Waals surface area contributed by atoms with Crippen molar-refractivity contribution in [2.45, 2.75) is 26.8 Å². The minimum atomic E-state index is 0. The molecule has 0 aliphatic heterocycles. The van der Waals surface area contributed by atoms with E-state index in [1.54, 1.807) is 0 Å². The second-order valence-electron chi connectivity index (χ2n) is 3.21. The van der Waals surface area contributed by atoms with Gasteiger partial charge in [-0.2, -0.15) is 0 Å². The van der Waals surface area contributed by atoms with Crippen molar-refractivity contribution in [3.63, 3.8) is 0 Å². The molecule has 0 spiro atoms. The van der Waals surface area contributed by atoms with Crippen LogP contribution in [0.5, 0.6) is 0 Å². The number of rotatable bonds is 1. The molecular formula is C6H17ClN2. The van der Waals surface area contributed by atoms with Crippen LogP contribution in [0.25, 0.3) is 0 Å². The van der Waals surface area contributed by atoms with E-state index in [2.05, 4.69) is 20.8 Å². The van der Waals surface area contributed by atoms with E-state index >= 15 is 0 Å². The van der Waals surface area contributed by atoms with Crippen LogP contribution in [-0.4, -0.2) is 12.6 Å². The highest BCUT2D eigenvalue weighted by Crippen LogP contribution is 2.15. The zero-order valence-electron chi connectivity index (χ0n) is 6.35. The molecule has 0 fully saturated rings. The van der Waals surface area contributed by atoms with Gasteiger partial charge < -0.3 is 11.5 Å². The van der Waals surface area contributed by atoms with E-state index < -0.39 is 0 Å². The standard InChI is InChI=1S/C6H16N2.ClH/c1-6(2,3)5(8)4-7;/h5H,4,7-8H2,1-3H3;1H/t5-;/m1./s1. The number of hydrogen-bond acceptors (Lipinski definition) is 2. The number of nitrogens with two attached hydrogens (primary N) is 2. The maximum atomic E-state index is 5.62. The van der Waals surface area contributed by atoms with E-state index in [9.17, 15) is 0 Å². The second kappa shape index (κ2) is 4.09. The normalized spacial score (nSPS) is 14.3. The van der Waals surface area contributed by atoms with Crippen LogP contribution in [-0.2, 0) is 0 Å². The molecular weight excluding hydrogens is 136 g/mol. The predicted octanol–water partition coefficient (Wildman–Crippen LogP) is 0.740. The van der Waals surface area contributed by atoms with Gasteiger partial charge in [-0.25, -0.2) is 0 Å². The van der Waals surface area contributed by atoms with Crippen molar-refractivity contribution in [2.24, 2.45) is 16.9 Å². The first-order valence-electron chi connectivity index (χ1n) is 2.94. The zero-order valence-corrected chi connectivity index (χ0v) is 7.16. The van der Waals surface area contributed by atoms with E-state index in [0.29, 0.717) is 6.54 Å². The summed E-state index contributed by atoms with van der Waals surface area (Å²) < 4.78 is 0. The fourth-order valence-corrected chi connectivity index (χ4v) is 0.354. The molecule has 0 aliphatic rings. The summed E-state index contributed by atoms with van der Waals surface area (Å²) in [5.41, 5.74) is 11.1. The van der Waals surface area contributed by atoms with Crippen molar-refractivity contribution in [1.29, 1.82) is 0 Å². The topological polar surface area (TPSA) is 52.0 Å². The molecule has 0 heterocycles. The summed E-state index contributed by atoms with van der Waals surface area (Å²) in [6, 6.07) is 0.127. The lowest BCUT2D eigenvalue weighted by atomic mass is 9.88. The van der Waals surface area contributed by atoms with Crippen LogP contribution < -0.4 is 11.5 Å². The van der Waals surface area contributed by atoms with Gasteiger partial charge in [-0.05, 0) is 5.41 Å². The van der Waals surface area contributed by atoms with Crippen LogP contribution in [0.4, 0.5) is 0 Å². The summed E-state index contributed by atoms with van der Waals surface area (Å²) in [6.07, 6.45) is 0. The Morgan fingerprint density at radius 3 is 1.67 bits per heavy atom. The highest BCUT2D eigenvalue weighted by molar-refractivity contribution is 5.85. The van der Waals surface area contributed by atoms with Crippen molar-refractivity contribution in [3.05, 3.63) is 0 Å². The van der Waals surface area contributed by atoms with Gasteiger partial charge >= 0.3 is 0 Å². The first-order chi connectivity index (χ1) is 3.48. The molecule has 9 heavy (non-hydrogen) atoms. The number of halogens is 1. The summed E-state index contributed by atoms with van der Waals surface area (Å²) in [4.78, 5) is 0. The Hall–Kier alpha value is 0.210. The summed E-state index contributed by atoms with van der Waals surface area (Å²) >= 11 is 0. The Balaban J connectivity index is 0. The zero-order chi connectivity index (χ0) is 6.78. The molecule has 0 radical (unpaired) electrons. The van der Waals surface area contributed by atoms with E-state index in [4.69, 9.17) is 11.5 Å². The molecule has 0 unspecified atom stereocenters. The third kappa shape index (κ3) is 4.70. The SMILES string of the molecule is CC(C)(C)[C@H](N)CN.Cl. The van der Waals surface area contributed by atoms with Crippen LogP contribution in [0.2, 0.25) is 0 Å². The van der Waals surface area contributed by atoms with Gasteiger partial charge in [0.05, 0.1) is 0 Å². The molecule has 0 aromatic carbocycles. The molecule has 0 aromatic rings. The Bertz CT molecular complexity index is 67.9. The van der Waals surface area contributed by atoms with Gasteiger partial charge in [0.2, 0.25) is 0 Å². The van der Waals surface area contributed by atoms with Gasteiger partial charge in [0.1, 0.15) is 0 Å². The maximum Gasteiger partial charge on any atom is 0.0212 e. The lowest BCUT2D eigenvalue weighted by molar-refractivity contribution is 0.326. The highest BCUT2D eigenvalue weighted by atomic mass is 35.5. The predicted molar refractivity (Wildman–Crippen MR) is 43.7 cm³/mol. The van der Waals surface area contributed by atoms with Gasteiger partial charge in [-0.15, -0.1) is 12.4 Å². The fraction of sp³-hybridized carbons (Fsp3) is 1.00. The van der Waals surface area contributed by atoms with Crippen LogP contribution in [0, 0.1) is 5.41 Å². The number of hydrogen-bond donors (Lipinski definition) is 2. The van der Waals surface area contributed by atoms with E-state index in [1.165, 1.54) is 0 Å². The third-order valence-electron chi connectivity index (χ3n) is 1.37. The lowest BCUT2D eigenvalue weighted by Gasteiger charge is -2.25. The Kier molecular flexibility index (Phi) is 5.43. The average molecular weight is 153 g/mol. The van der Waals surface area contributed by atoms with Crippen LogP contribution in [0.3, 0.4) is 0 Å². The molecule has 0 rings (SSSR count). The Morgan fingerprint density at radius 1 is 1.33 bits per heavy atom. The van der Waals surface area contributed by atoms with E-state index in [-0.39, 0.29) is 23.9 Å². The van der Waals surface area contributed by atoms with Crippen LogP contribution in [0.1, 0.15) is 20.8 Å².